The Morgan fingerprint density at radius 1 is 1.27 bits per heavy atom. The second kappa shape index (κ2) is 6.27. The van der Waals surface area contributed by atoms with Gasteiger partial charge >= 0.3 is 0 Å². The number of aryl methyl sites for hydroxylation is 2. The van der Waals surface area contributed by atoms with Crippen LogP contribution in [0.15, 0.2) is 40.2 Å². The van der Waals surface area contributed by atoms with Gasteiger partial charge in [-0.2, -0.15) is 10.4 Å². The smallest absolute Gasteiger partial charge is 0.289 e. The molecule has 1 heterocycles. The second-order valence-corrected chi connectivity index (χ2v) is 4.99. The summed E-state index contributed by atoms with van der Waals surface area (Å²) in [6.45, 7) is 5.36. The molecule has 0 N–H and O–H groups in total. The Morgan fingerprint density at radius 2 is 1.91 bits per heavy atom. The van der Waals surface area contributed by atoms with Crippen LogP contribution in [0.3, 0.4) is 0 Å². The van der Waals surface area contributed by atoms with Crippen LogP contribution in [0.25, 0.3) is 0 Å². The number of pyridine rings is 1. The van der Waals surface area contributed by atoms with Crippen LogP contribution in [0, 0.1) is 25.2 Å². The molecule has 0 bridgehead atoms. The van der Waals surface area contributed by atoms with E-state index in [4.69, 9.17) is 10.00 Å². The molecule has 0 unspecified atom stereocenters. The highest BCUT2D eigenvalue weighted by molar-refractivity contribution is 5.98. The zero-order chi connectivity index (χ0) is 16.3. The Bertz CT molecular complexity index is 825. The van der Waals surface area contributed by atoms with Gasteiger partial charge in [0.25, 0.3) is 5.56 Å². The van der Waals surface area contributed by atoms with Gasteiger partial charge in [0.1, 0.15) is 17.4 Å². The lowest BCUT2D eigenvalue weighted by Gasteiger charge is -2.09. The van der Waals surface area contributed by atoms with Gasteiger partial charge in [-0.15, -0.1) is 0 Å². The van der Waals surface area contributed by atoms with Gasteiger partial charge in [0.05, 0.1) is 12.8 Å². The highest BCUT2D eigenvalue weighted by atomic mass is 16.5. The Hall–Kier alpha value is -2.87. The Balaban J connectivity index is 2.52. The third-order valence-corrected chi connectivity index (χ3v) is 3.43. The molecule has 22 heavy (non-hydrogen) atoms. The molecule has 1 aromatic carbocycles. The zero-order valence-corrected chi connectivity index (χ0v) is 13.0. The van der Waals surface area contributed by atoms with Crippen molar-refractivity contribution in [3.8, 4) is 11.8 Å². The number of benzene rings is 1. The van der Waals surface area contributed by atoms with Crippen LogP contribution in [0.1, 0.15) is 29.3 Å². The number of hydrogen-bond donors (Lipinski definition) is 0. The topological polar surface area (TPSA) is 67.4 Å². The minimum absolute atomic E-state index is 0.122. The van der Waals surface area contributed by atoms with E-state index in [9.17, 15) is 4.79 Å². The van der Waals surface area contributed by atoms with E-state index < -0.39 is 5.56 Å². The predicted molar refractivity (Wildman–Crippen MR) is 85.5 cm³/mol. The van der Waals surface area contributed by atoms with E-state index in [1.807, 2.05) is 37.3 Å². The molecule has 0 fully saturated rings. The van der Waals surface area contributed by atoms with Gasteiger partial charge in [-0.1, -0.05) is 0 Å². The van der Waals surface area contributed by atoms with E-state index in [0.29, 0.717) is 17.0 Å². The molecule has 0 atom stereocenters. The second-order valence-electron chi connectivity index (χ2n) is 4.99. The van der Waals surface area contributed by atoms with E-state index in [0.717, 1.165) is 11.3 Å². The first-order chi connectivity index (χ1) is 10.5. The quantitative estimate of drug-likeness (QED) is 0.817. The van der Waals surface area contributed by atoms with Crippen molar-refractivity contribution in [1.82, 2.24) is 4.68 Å². The third-order valence-electron chi connectivity index (χ3n) is 3.43. The molecule has 2 rings (SSSR count). The molecule has 0 saturated heterocycles. The molecular formula is C17H17N3O2. The number of aromatic nitrogens is 1. The van der Waals surface area contributed by atoms with Gasteiger partial charge in [-0.05, 0) is 62.2 Å². The minimum Gasteiger partial charge on any atom is -0.497 e. The monoisotopic (exact) mass is 295 g/mol. The zero-order valence-electron chi connectivity index (χ0n) is 13.0. The van der Waals surface area contributed by atoms with Crippen LogP contribution < -0.4 is 10.3 Å². The third kappa shape index (κ3) is 2.91. The maximum absolute atomic E-state index is 12.3. The summed E-state index contributed by atoms with van der Waals surface area (Å²) in [6, 6.07) is 11.1. The van der Waals surface area contributed by atoms with Gasteiger partial charge in [-0.25, -0.2) is 4.68 Å². The van der Waals surface area contributed by atoms with Crippen LogP contribution >= 0.6 is 0 Å². The van der Waals surface area contributed by atoms with Gasteiger partial charge in [-0.3, -0.25) is 4.79 Å². The average molecular weight is 295 g/mol. The fraction of sp³-hybridized carbons (Fsp3) is 0.235. The highest BCUT2D eigenvalue weighted by Crippen LogP contribution is 2.12. The van der Waals surface area contributed by atoms with Crippen LogP contribution in [0.5, 0.6) is 5.75 Å². The summed E-state index contributed by atoms with van der Waals surface area (Å²) in [5.41, 5.74) is 2.64. The van der Waals surface area contributed by atoms with Crippen molar-refractivity contribution in [3.05, 3.63) is 63.1 Å². The summed E-state index contributed by atoms with van der Waals surface area (Å²) < 4.78 is 6.39. The molecule has 5 nitrogen and oxygen atoms in total. The Kier molecular flexibility index (Phi) is 4.42. The van der Waals surface area contributed by atoms with Gasteiger partial charge in [0.2, 0.25) is 0 Å². The van der Waals surface area contributed by atoms with E-state index >= 15 is 0 Å². The predicted octanol–water partition coefficient (Wildman–Crippen LogP) is 2.62. The largest absolute Gasteiger partial charge is 0.497 e. The lowest BCUT2D eigenvalue weighted by atomic mass is 10.1. The number of nitrogens with zero attached hydrogens (tertiary/aromatic N) is 3. The molecule has 2 aromatic rings. The van der Waals surface area contributed by atoms with Gasteiger partial charge in [0, 0.05) is 5.69 Å². The number of ether oxygens (including phenoxy) is 1. The van der Waals surface area contributed by atoms with E-state index in [1.54, 1.807) is 27.0 Å². The van der Waals surface area contributed by atoms with Crippen molar-refractivity contribution < 1.29 is 4.74 Å². The SMILES string of the molecule is COc1ccc(/C(C)=N/n2c(C)cc(C)c(C#N)c2=O)cc1. The standard InChI is InChI=1S/C17H17N3O2/c1-11-9-12(2)20(17(21)16(11)10-18)19-13(3)14-5-7-15(22-4)8-6-14/h5-9H,1-4H3/b19-13+. The molecule has 0 aliphatic carbocycles. The number of methoxy groups -OCH3 is 1. The summed E-state index contributed by atoms with van der Waals surface area (Å²) in [5.74, 6) is 0.756. The molecule has 1 aromatic heterocycles. The summed E-state index contributed by atoms with van der Waals surface area (Å²) in [6.07, 6.45) is 0. The molecule has 0 aliphatic heterocycles. The summed E-state index contributed by atoms with van der Waals surface area (Å²) in [7, 11) is 1.61. The lowest BCUT2D eigenvalue weighted by Crippen LogP contribution is -2.23. The van der Waals surface area contributed by atoms with Crippen LogP contribution in [-0.4, -0.2) is 17.5 Å². The van der Waals surface area contributed by atoms with Crippen molar-refractivity contribution in [2.45, 2.75) is 20.8 Å². The highest BCUT2D eigenvalue weighted by Gasteiger charge is 2.10. The maximum Gasteiger partial charge on any atom is 0.289 e. The summed E-state index contributed by atoms with van der Waals surface area (Å²) >= 11 is 0. The first kappa shape index (κ1) is 15.5. The van der Waals surface area contributed by atoms with Crippen molar-refractivity contribution >= 4 is 5.71 Å². The summed E-state index contributed by atoms with van der Waals surface area (Å²) in [4.78, 5) is 12.3. The Morgan fingerprint density at radius 3 is 2.45 bits per heavy atom. The van der Waals surface area contributed by atoms with Crippen LogP contribution in [0.4, 0.5) is 0 Å². The van der Waals surface area contributed by atoms with Crippen molar-refractivity contribution in [2.24, 2.45) is 5.10 Å². The van der Waals surface area contributed by atoms with E-state index in [2.05, 4.69) is 5.10 Å². The van der Waals surface area contributed by atoms with E-state index in [1.165, 1.54) is 4.68 Å². The minimum atomic E-state index is -0.395. The molecule has 0 spiro atoms. The number of rotatable bonds is 3. The number of nitriles is 1. The average Bonchev–Trinajstić information content (AvgIpc) is 2.51. The molecule has 0 radical (unpaired) electrons. The van der Waals surface area contributed by atoms with E-state index in [-0.39, 0.29) is 5.56 Å². The summed E-state index contributed by atoms with van der Waals surface area (Å²) in [5, 5.41) is 13.5. The maximum atomic E-state index is 12.3. The molecule has 0 aliphatic rings. The van der Waals surface area contributed by atoms with Crippen LogP contribution in [-0.2, 0) is 0 Å². The molecule has 0 amide bonds. The van der Waals surface area contributed by atoms with Crippen LogP contribution in [0.2, 0.25) is 0 Å². The van der Waals surface area contributed by atoms with Gasteiger partial charge in [0.15, 0.2) is 0 Å². The van der Waals surface area contributed by atoms with Crippen molar-refractivity contribution in [2.75, 3.05) is 7.11 Å². The van der Waals surface area contributed by atoms with Gasteiger partial charge < -0.3 is 4.74 Å². The van der Waals surface area contributed by atoms with Crippen molar-refractivity contribution in [1.29, 1.82) is 5.26 Å². The normalized spacial score (nSPS) is 11.1. The first-order valence-electron chi connectivity index (χ1n) is 6.81. The Labute approximate surface area is 129 Å². The molecule has 0 saturated carbocycles. The number of hydrogen-bond acceptors (Lipinski definition) is 4. The fourth-order valence-corrected chi connectivity index (χ4v) is 2.18. The van der Waals surface area contributed by atoms with Crippen molar-refractivity contribution in [3.63, 3.8) is 0 Å². The molecule has 112 valence electrons. The molecule has 5 heteroatoms. The first-order valence-corrected chi connectivity index (χ1v) is 6.81. The fourth-order valence-electron chi connectivity index (χ4n) is 2.18. The molecular weight excluding hydrogens is 278 g/mol. The lowest BCUT2D eigenvalue weighted by molar-refractivity contribution is 0.415.